The van der Waals surface area contributed by atoms with Gasteiger partial charge in [-0.3, -0.25) is 4.79 Å². The monoisotopic (exact) mass is 529 g/mol. The summed E-state index contributed by atoms with van der Waals surface area (Å²) in [4.78, 5) is 16.7. The van der Waals surface area contributed by atoms with Gasteiger partial charge in [0.25, 0.3) is 15.9 Å². The van der Waals surface area contributed by atoms with Crippen molar-refractivity contribution in [2.45, 2.75) is 25.3 Å². The molecule has 180 valence electrons. The molecule has 0 unspecified atom stereocenters. The van der Waals surface area contributed by atoms with Gasteiger partial charge < -0.3 is 8.98 Å². The van der Waals surface area contributed by atoms with Crippen molar-refractivity contribution in [3.05, 3.63) is 99.8 Å². The Labute approximate surface area is 213 Å². The maximum atomic E-state index is 12.5. The minimum absolute atomic E-state index is 0.00333. The predicted molar refractivity (Wildman–Crippen MR) is 136 cm³/mol. The predicted octanol–water partition coefficient (Wildman–Crippen LogP) is 5.63. The minimum Gasteiger partial charge on any atom is -0.464 e. The van der Waals surface area contributed by atoms with Crippen LogP contribution >= 0.6 is 23.2 Å². The molecule has 1 amide bonds. The van der Waals surface area contributed by atoms with Crippen LogP contribution < -0.4 is 4.72 Å². The largest absolute Gasteiger partial charge is 0.464 e. The van der Waals surface area contributed by atoms with E-state index in [0.717, 1.165) is 22.8 Å². The number of aromatic nitrogens is 2. The molecule has 0 radical (unpaired) electrons. The summed E-state index contributed by atoms with van der Waals surface area (Å²) >= 11 is 12.8. The third-order valence-corrected chi connectivity index (χ3v) is 7.29. The first-order valence-electron chi connectivity index (χ1n) is 10.5. The van der Waals surface area contributed by atoms with Crippen molar-refractivity contribution < 1.29 is 17.6 Å². The zero-order chi connectivity index (χ0) is 25.2. The van der Waals surface area contributed by atoms with Crippen LogP contribution in [0.2, 0.25) is 10.2 Å². The number of aryl methyl sites for hydroxylation is 2. The molecule has 4 rings (SSSR count). The highest BCUT2D eigenvalue weighted by Crippen LogP contribution is 2.28. The third-order valence-electron chi connectivity index (χ3n) is 5.30. The van der Waals surface area contributed by atoms with Crippen LogP contribution in [0.5, 0.6) is 0 Å². The first kappa shape index (κ1) is 24.8. The van der Waals surface area contributed by atoms with E-state index in [9.17, 15) is 13.2 Å². The average Bonchev–Trinajstić information content (AvgIpc) is 3.42. The van der Waals surface area contributed by atoms with Gasteiger partial charge in [0, 0.05) is 16.7 Å². The molecule has 0 saturated carbocycles. The fraction of sp³-hybridized carbons (Fsp3) is 0.120. The molecule has 0 atom stereocenters. The van der Waals surface area contributed by atoms with Crippen LogP contribution in [-0.4, -0.2) is 23.9 Å². The number of amides is 1. The van der Waals surface area contributed by atoms with E-state index in [1.807, 2.05) is 35.9 Å². The molecule has 2 aromatic heterocycles. The Morgan fingerprint density at radius 2 is 1.86 bits per heavy atom. The van der Waals surface area contributed by atoms with Crippen molar-refractivity contribution in [1.29, 1.82) is 0 Å². The number of halogens is 2. The van der Waals surface area contributed by atoms with E-state index in [-0.39, 0.29) is 10.0 Å². The summed E-state index contributed by atoms with van der Waals surface area (Å²) in [5.41, 5.74) is 3.00. The Bertz CT molecular complexity index is 1510. The third kappa shape index (κ3) is 5.67. The lowest BCUT2D eigenvalue weighted by Gasteiger charge is -2.11. The Balaban J connectivity index is 1.54. The smallest absolute Gasteiger partial charge is 0.264 e. The maximum absolute atomic E-state index is 12.5. The molecule has 0 aliphatic rings. The summed E-state index contributed by atoms with van der Waals surface area (Å²) in [6.07, 6.45) is 4.12. The number of furan rings is 1. The second-order valence-corrected chi connectivity index (χ2v) is 10.3. The number of imidazole rings is 1. The second kappa shape index (κ2) is 10.1. The number of hydrogen-bond donors (Lipinski definition) is 1. The number of carbonyl (C=O) groups excluding carboxylic acids is 1. The van der Waals surface area contributed by atoms with Gasteiger partial charge >= 0.3 is 0 Å². The minimum atomic E-state index is -4.00. The van der Waals surface area contributed by atoms with Gasteiger partial charge in [-0.15, -0.1) is 0 Å². The first-order chi connectivity index (χ1) is 16.6. The molecule has 4 aromatic rings. The fourth-order valence-electron chi connectivity index (χ4n) is 3.44. The summed E-state index contributed by atoms with van der Waals surface area (Å²) < 4.78 is 34.2. The Morgan fingerprint density at radius 1 is 1.11 bits per heavy atom. The van der Waals surface area contributed by atoms with Gasteiger partial charge in [-0.2, -0.15) is 0 Å². The van der Waals surface area contributed by atoms with Crippen LogP contribution in [0.4, 0.5) is 0 Å². The number of sulfonamides is 1. The van der Waals surface area contributed by atoms with Gasteiger partial charge in [-0.05, 0) is 55.8 Å². The fourth-order valence-corrected chi connectivity index (χ4v) is 4.92. The van der Waals surface area contributed by atoms with Gasteiger partial charge in [0.1, 0.15) is 11.6 Å². The lowest BCUT2D eigenvalue weighted by molar-refractivity contribution is -0.114. The van der Waals surface area contributed by atoms with Gasteiger partial charge in [0.2, 0.25) is 0 Å². The normalized spacial score (nSPS) is 11.8. The molecule has 0 saturated heterocycles. The SMILES string of the molecule is Cc1ccc(S(=O)(=O)NC(=O)C=Cc2c(Cl)nc(C)n2Cc2ccc(-c3ccco3)cc2Cl)cc1. The number of nitrogens with zero attached hydrogens (tertiary/aromatic N) is 2. The van der Waals surface area contributed by atoms with E-state index in [1.165, 1.54) is 18.2 Å². The highest BCUT2D eigenvalue weighted by Gasteiger charge is 2.17. The van der Waals surface area contributed by atoms with Crippen molar-refractivity contribution in [1.82, 2.24) is 14.3 Å². The van der Waals surface area contributed by atoms with Crippen molar-refractivity contribution in [3.63, 3.8) is 0 Å². The van der Waals surface area contributed by atoms with Gasteiger partial charge in [-0.1, -0.05) is 53.0 Å². The molecule has 0 fully saturated rings. The van der Waals surface area contributed by atoms with Crippen LogP contribution in [0.15, 0.2) is 76.2 Å². The first-order valence-corrected chi connectivity index (χ1v) is 12.7. The maximum Gasteiger partial charge on any atom is 0.264 e. The molecule has 0 bridgehead atoms. The van der Waals surface area contributed by atoms with Gasteiger partial charge in [-0.25, -0.2) is 18.1 Å². The van der Waals surface area contributed by atoms with E-state index in [2.05, 4.69) is 4.98 Å². The molecular formula is C25H21Cl2N3O4S. The molecular weight excluding hydrogens is 509 g/mol. The highest BCUT2D eigenvalue weighted by atomic mass is 35.5. The number of benzene rings is 2. The second-order valence-electron chi connectivity index (χ2n) is 7.82. The summed E-state index contributed by atoms with van der Waals surface area (Å²) in [6, 6.07) is 15.4. The van der Waals surface area contributed by atoms with E-state index < -0.39 is 15.9 Å². The zero-order valence-electron chi connectivity index (χ0n) is 18.8. The summed E-state index contributed by atoms with van der Waals surface area (Å²) in [5, 5.41) is 0.705. The molecule has 0 aliphatic heterocycles. The molecule has 7 nitrogen and oxygen atoms in total. The zero-order valence-corrected chi connectivity index (χ0v) is 21.2. The molecule has 1 N–H and O–H groups in total. The lowest BCUT2D eigenvalue weighted by Crippen LogP contribution is -2.29. The van der Waals surface area contributed by atoms with Gasteiger partial charge in [0.05, 0.1) is 23.4 Å². The Morgan fingerprint density at radius 3 is 2.51 bits per heavy atom. The van der Waals surface area contributed by atoms with E-state index in [0.29, 0.717) is 28.8 Å². The topological polar surface area (TPSA) is 94.2 Å². The molecule has 0 spiro atoms. The van der Waals surface area contributed by atoms with Gasteiger partial charge in [0.15, 0.2) is 5.15 Å². The van der Waals surface area contributed by atoms with E-state index in [1.54, 1.807) is 36.0 Å². The van der Waals surface area contributed by atoms with Crippen LogP contribution in [0.25, 0.3) is 17.4 Å². The van der Waals surface area contributed by atoms with Crippen molar-refractivity contribution in [2.75, 3.05) is 0 Å². The molecule has 10 heteroatoms. The lowest BCUT2D eigenvalue weighted by atomic mass is 10.1. The highest BCUT2D eigenvalue weighted by molar-refractivity contribution is 7.90. The summed E-state index contributed by atoms with van der Waals surface area (Å²) in [5.74, 6) is 0.497. The summed E-state index contributed by atoms with van der Waals surface area (Å²) in [7, 11) is -4.00. The van der Waals surface area contributed by atoms with Crippen LogP contribution in [0.1, 0.15) is 22.6 Å². The Kier molecular flexibility index (Phi) is 7.16. The molecule has 35 heavy (non-hydrogen) atoms. The number of hydrogen-bond acceptors (Lipinski definition) is 5. The van der Waals surface area contributed by atoms with Crippen molar-refractivity contribution in [2.24, 2.45) is 0 Å². The van der Waals surface area contributed by atoms with Crippen LogP contribution in [0, 0.1) is 13.8 Å². The number of carbonyl (C=O) groups is 1. The Hall–Kier alpha value is -3.33. The van der Waals surface area contributed by atoms with E-state index in [4.69, 9.17) is 27.6 Å². The molecule has 2 heterocycles. The molecule has 0 aliphatic carbocycles. The summed E-state index contributed by atoms with van der Waals surface area (Å²) in [6.45, 7) is 3.95. The van der Waals surface area contributed by atoms with Crippen molar-refractivity contribution in [3.8, 4) is 11.3 Å². The quantitative estimate of drug-likeness (QED) is 0.313. The van der Waals surface area contributed by atoms with Crippen molar-refractivity contribution >= 4 is 45.2 Å². The van der Waals surface area contributed by atoms with E-state index >= 15 is 0 Å². The average molecular weight is 530 g/mol. The standard InChI is InChI=1S/C25H21Cl2N3O4S/c1-16-5-9-20(10-6-16)35(32,33)29-24(31)12-11-22-25(27)28-17(2)30(22)15-19-8-7-18(14-21(19)26)23-4-3-13-34-23/h3-14H,15H2,1-2H3,(H,29,31). The van der Waals surface area contributed by atoms with Crippen LogP contribution in [-0.2, 0) is 21.4 Å². The number of nitrogens with one attached hydrogen (secondary N) is 1. The number of rotatable bonds is 7. The van der Waals surface area contributed by atoms with Crippen LogP contribution in [0.3, 0.4) is 0 Å². The molecule has 2 aromatic carbocycles.